The zero-order valence-electron chi connectivity index (χ0n) is 17.5. The van der Waals surface area contributed by atoms with Crippen LogP contribution in [0.2, 0.25) is 0 Å². The summed E-state index contributed by atoms with van der Waals surface area (Å²) in [7, 11) is -2.43. The molecule has 0 fully saturated rings. The van der Waals surface area contributed by atoms with Gasteiger partial charge in [0.2, 0.25) is 10.0 Å². The fourth-order valence-electron chi connectivity index (χ4n) is 3.02. The minimum Gasteiger partial charge on any atom is -0.452 e. The van der Waals surface area contributed by atoms with Crippen molar-refractivity contribution in [3.63, 3.8) is 0 Å². The number of ether oxygens (including phenoxy) is 1. The number of imide groups is 1. The molecule has 2 aromatic carbocycles. The molecular formula is C21H21N3O7S. The van der Waals surface area contributed by atoms with E-state index in [1.54, 1.807) is 13.8 Å². The molecular weight excluding hydrogens is 438 g/mol. The van der Waals surface area contributed by atoms with Crippen LogP contribution in [-0.4, -0.2) is 56.7 Å². The van der Waals surface area contributed by atoms with Crippen LogP contribution >= 0.6 is 0 Å². The van der Waals surface area contributed by atoms with E-state index in [1.807, 2.05) is 0 Å². The number of hydrogen-bond donors (Lipinski definition) is 2. The van der Waals surface area contributed by atoms with Gasteiger partial charge in [0.25, 0.3) is 17.7 Å². The summed E-state index contributed by atoms with van der Waals surface area (Å²) in [6, 6.07) is 9.19. The minimum atomic E-state index is -3.80. The van der Waals surface area contributed by atoms with E-state index in [1.165, 1.54) is 43.4 Å². The van der Waals surface area contributed by atoms with Crippen molar-refractivity contribution in [2.75, 3.05) is 19.0 Å². The molecule has 3 rings (SSSR count). The second-order valence-electron chi connectivity index (χ2n) is 7.36. The number of benzene rings is 2. The first kappa shape index (κ1) is 23.1. The summed E-state index contributed by atoms with van der Waals surface area (Å²) in [6.45, 7) is 2.70. The average Bonchev–Trinajstić information content (AvgIpc) is 2.95. The maximum absolute atomic E-state index is 12.3. The molecule has 32 heavy (non-hydrogen) atoms. The molecule has 0 atom stereocenters. The van der Waals surface area contributed by atoms with Gasteiger partial charge in [-0.3, -0.25) is 19.3 Å². The maximum Gasteiger partial charge on any atom is 0.338 e. The Morgan fingerprint density at radius 3 is 2.41 bits per heavy atom. The molecule has 168 valence electrons. The molecule has 0 aliphatic carbocycles. The molecule has 2 N–H and O–H groups in total. The van der Waals surface area contributed by atoms with Gasteiger partial charge in [0.15, 0.2) is 6.61 Å². The summed E-state index contributed by atoms with van der Waals surface area (Å²) in [5, 5.41) is 2.48. The number of nitrogens with one attached hydrogen (secondary N) is 2. The highest BCUT2D eigenvalue weighted by Gasteiger charge is 2.32. The van der Waals surface area contributed by atoms with E-state index in [9.17, 15) is 27.6 Å². The van der Waals surface area contributed by atoms with Gasteiger partial charge in [0.1, 0.15) is 0 Å². The van der Waals surface area contributed by atoms with E-state index in [0.29, 0.717) is 0 Å². The van der Waals surface area contributed by atoms with Gasteiger partial charge in [-0.1, -0.05) is 6.07 Å². The quantitative estimate of drug-likeness (QED) is 0.471. The van der Waals surface area contributed by atoms with Crippen LogP contribution in [-0.2, 0) is 19.6 Å². The number of esters is 1. The molecule has 3 amide bonds. The van der Waals surface area contributed by atoms with Gasteiger partial charge in [-0.05, 0) is 50.2 Å². The van der Waals surface area contributed by atoms with Crippen molar-refractivity contribution in [1.29, 1.82) is 0 Å². The number of carbonyl (C=O) groups excluding carboxylic acids is 4. The maximum atomic E-state index is 12.3. The monoisotopic (exact) mass is 459 g/mol. The summed E-state index contributed by atoms with van der Waals surface area (Å²) >= 11 is 0. The van der Waals surface area contributed by atoms with Crippen molar-refractivity contribution >= 4 is 39.4 Å². The zero-order chi connectivity index (χ0) is 23.6. The van der Waals surface area contributed by atoms with Gasteiger partial charge in [-0.15, -0.1) is 0 Å². The van der Waals surface area contributed by atoms with Gasteiger partial charge >= 0.3 is 5.97 Å². The van der Waals surface area contributed by atoms with Crippen LogP contribution in [0.4, 0.5) is 5.69 Å². The Hall–Kier alpha value is -3.57. The minimum absolute atomic E-state index is 0.0332. The molecule has 1 aliphatic rings. The van der Waals surface area contributed by atoms with Crippen LogP contribution in [0, 0.1) is 0 Å². The summed E-state index contributed by atoms with van der Waals surface area (Å²) in [6.07, 6.45) is 0. The van der Waals surface area contributed by atoms with Crippen LogP contribution in [0.15, 0.2) is 47.4 Å². The van der Waals surface area contributed by atoms with Crippen LogP contribution in [0.3, 0.4) is 0 Å². The van der Waals surface area contributed by atoms with Crippen molar-refractivity contribution in [3.05, 3.63) is 59.2 Å². The third-order valence-electron chi connectivity index (χ3n) is 4.48. The summed E-state index contributed by atoms with van der Waals surface area (Å²) in [5.74, 6) is -2.45. The van der Waals surface area contributed by atoms with Crippen LogP contribution in [0.5, 0.6) is 0 Å². The van der Waals surface area contributed by atoms with Gasteiger partial charge < -0.3 is 10.1 Å². The molecule has 1 heterocycles. The molecule has 0 aromatic heterocycles. The third kappa shape index (κ3) is 4.84. The molecule has 10 nitrogen and oxygen atoms in total. The number of nitrogens with zero attached hydrogens (tertiary/aromatic N) is 1. The summed E-state index contributed by atoms with van der Waals surface area (Å²) < 4.78 is 31.9. The second-order valence-corrected chi connectivity index (χ2v) is 9.07. The Balaban J connectivity index is 1.63. The third-order valence-corrected chi connectivity index (χ3v) is 6.13. The fraction of sp³-hybridized carbons (Fsp3) is 0.238. The fourth-order valence-corrected chi connectivity index (χ4v) is 4.32. The first-order valence-corrected chi connectivity index (χ1v) is 11.0. The SMILES string of the molecule is CC(C)NS(=O)(=O)c1cccc(C(=O)OCC(=O)Nc2ccc3c(c2)C(=O)N(C)C3=O)c1. The molecule has 1 aliphatic heterocycles. The predicted octanol–water partition coefficient (Wildman–Crippen LogP) is 1.39. The molecule has 0 saturated heterocycles. The van der Waals surface area contributed by atoms with E-state index in [-0.39, 0.29) is 33.3 Å². The Kier molecular flexibility index (Phi) is 6.42. The number of rotatable bonds is 7. The largest absolute Gasteiger partial charge is 0.452 e. The average molecular weight is 459 g/mol. The molecule has 0 unspecified atom stereocenters. The summed E-state index contributed by atoms with van der Waals surface area (Å²) in [5.41, 5.74) is 0.632. The number of sulfonamides is 1. The van der Waals surface area contributed by atoms with Crippen LogP contribution < -0.4 is 10.0 Å². The van der Waals surface area contributed by atoms with Gasteiger partial charge in [0.05, 0.1) is 21.6 Å². The lowest BCUT2D eigenvalue weighted by molar-refractivity contribution is -0.119. The lowest BCUT2D eigenvalue weighted by Crippen LogP contribution is -2.30. The number of amides is 3. The standard InChI is InChI=1S/C21H21N3O7S/c1-12(2)23-32(29,30)15-6-4-5-13(9-15)21(28)31-11-18(25)22-14-7-8-16-17(10-14)20(27)24(3)19(16)26/h4-10,12,23H,11H2,1-3H3,(H,22,25). The lowest BCUT2D eigenvalue weighted by atomic mass is 10.1. The first-order chi connectivity index (χ1) is 15.0. The number of fused-ring (bicyclic) bond motifs is 1. The molecule has 2 aromatic rings. The Morgan fingerprint density at radius 2 is 1.72 bits per heavy atom. The van der Waals surface area contributed by atoms with Crippen molar-refractivity contribution in [2.45, 2.75) is 24.8 Å². The topological polar surface area (TPSA) is 139 Å². The highest BCUT2D eigenvalue weighted by Crippen LogP contribution is 2.24. The predicted molar refractivity (Wildman–Crippen MR) is 114 cm³/mol. The van der Waals surface area contributed by atoms with Crippen molar-refractivity contribution in [2.24, 2.45) is 0 Å². The van der Waals surface area contributed by atoms with Crippen molar-refractivity contribution < 1.29 is 32.3 Å². The molecule has 0 spiro atoms. The smallest absolute Gasteiger partial charge is 0.338 e. The molecule has 11 heteroatoms. The van der Waals surface area contributed by atoms with E-state index < -0.39 is 40.3 Å². The van der Waals surface area contributed by atoms with Crippen molar-refractivity contribution in [3.8, 4) is 0 Å². The van der Waals surface area contributed by atoms with Gasteiger partial charge in [-0.2, -0.15) is 0 Å². The molecule has 0 saturated carbocycles. The zero-order valence-corrected chi connectivity index (χ0v) is 18.4. The first-order valence-electron chi connectivity index (χ1n) is 9.55. The highest BCUT2D eigenvalue weighted by atomic mass is 32.2. The van der Waals surface area contributed by atoms with Crippen LogP contribution in [0.25, 0.3) is 0 Å². The van der Waals surface area contributed by atoms with Crippen LogP contribution in [0.1, 0.15) is 44.9 Å². The molecule has 0 bridgehead atoms. The highest BCUT2D eigenvalue weighted by molar-refractivity contribution is 7.89. The Morgan fingerprint density at radius 1 is 1.03 bits per heavy atom. The normalized spacial score (nSPS) is 13.3. The van der Waals surface area contributed by atoms with Gasteiger partial charge in [0, 0.05) is 18.8 Å². The van der Waals surface area contributed by atoms with E-state index in [4.69, 9.17) is 4.74 Å². The Labute approximate surface area is 184 Å². The van der Waals surface area contributed by atoms with E-state index in [2.05, 4.69) is 10.0 Å². The second kappa shape index (κ2) is 8.89. The lowest BCUT2D eigenvalue weighted by Gasteiger charge is -2.11. The summed E-state index contributed by atoms with van der Waals surface area (Å²) in [4.78, 5) is 49.2. The van der Waals surface area contributed by atoms with Crippen molar-refractivity contribution in [1.82, 2.24) is 9.62 Å². The van der Waals surface area contributed by atoms with E-state index >= 15 is 0 Å². The van der Waals surface area contributed by atoms with Gasteiger partial charge in [-0.25, -0.2) is 17.9 Å². The number of carbonyl (C=O) groups is 4. The molecule has 0 radical (unpaired) electrons. The number of hydrogen-bond acceptors (Lipinski definition) is 7. The Bertz CT molecular complexity index is 1220. The van der Waals surface area contributed by atoms with E-state index in [0.717, 1.165) is 11.0 Å². The number of anilines is 1.